The summed E-state index contributed by atoms with van der Waals surface area (Å²) in [6.45, 7) is 4.78. The molecular weight excluding hydrogens is 398 g/mol. The Hall–Kier alpha value is -2.74. The fourth-order valence-corrected chi connectivity index (χ4v) is 4.20. The lowest BCUT2D eigenvalue weighted by Gasteiger charge is -2.27. The van der Waals surface area contributed by atoms with Crippen molar-refractivity contribution in [3.05, 3.63) is 70.7 Å². The number of carbonyl (C=O) groups excluding carboxylic acids is 1. The van der Waals surface area contributed by atoms with E-state index in [4.69, 9.17) is 9.47 Å². The Morgan fingerprint density at radius 2 is 1.87 bits per heavy atom. The second-order valence-corrected chi connectivity index (χ2v) is 7.96. The highest BCUT2D eigenvalue weighted by atomic mass is 32.1. The van der Waals surface area contributed by atoms with Crippen molar-refractivity contribution in [2.24, 2.45) is 0 Å². The lowest BCUT2D eigenvalue weighted by Crippen LogP contribution is -2.36. The molecule has 1 N–H and O–H groups in total. The predicted octanol–water partition coefficient (Wildman–Crippen LogP) is 3.58. The summed E-state index contributed by atoms with van der Waals surface area (Å²) >= 11 is 1.46. The molecule has 0 saturated carbocycles. The fourth-order valence-electron chi connectivity index (χ4n) is 3.39. The molecule has 4 rings (SSSR count). The SMILES string of the molecule is COc1ccc(-c2nc(C(=O)NCc3ccccc3CN3CCOCC3)cs2)cc1. The van der Waals surface area contributed by atoms with E-state index in [1.807, 2.05) is 36.4 Å². The van der Waals surface area contributed by atoms with Crippen LogP contribution in [0.1, 0.15) is 21.6 Å². The van der Waals surface area contributed by atoms with Crippen LogP contribution in [0, 0.1) is 0 Å². The van der Waals surface area contributed by atoms with Gasteiger partial charge in [-0.15, -0.1) is 11.3 Å². The first kappa shape index (κ1) is 20.5. The molecule has 1 fully saturated rings. The van der Waals surface area contributed by atoms with Crippen molar-refractivity contribution in [3.63, 3.8) is 0 Å². The molecular formula is C23H25N3O3S. The highest BCUT2D eigenvalue weighted by molar-refractivity contribution is 7.13. The smallest absolute Gasteiger partial charge is 0.271 e. The first-order valence-electron chi connectivity index (χ1n) is 9.98. The number of nitrogens with zero attached hydrogens (tertiary/aromatic N) is 2. The van der Waals surface area contributed by atoms with Gasteiger partial charge < -0.3 is 14.8 Å². The monoisotopic (exact) mass is 423 g/mol. The summed E-state index contributed by atoms with van der Waals surface area (Å²) in [6.07, 6.45) is 0. The zero-order chi connectivity index (χ0) is 20.8. The van der Waals surface area contributed by atoms with Crippen LogP contribution in [0.15, 0.2) is 53.9 Å². The number of thiazole rings is 1. The molecule has 1 aromatic heterocycles. The number of carbonyl (C=O) groups is 1. The number of nitrogens with one attached hydrogen (secondary N) is 1. The fraction of sp³-hybridized carbons (Fsp3) is 0.304. The van der Waals surface area contributed by atoms with Gasteiger partial charge in [-0.1, -0.05) is 24.3 Å². The maximum Gasteiger partial charge on any atom is 0.271 e. The van der Waals surface area contributed by atoms with Crippen LogP contribution in [0.5, 0.6) is 5.75 Å². The third-order valence-corrected chi connectivity index (χ3v) is 6.02. The topological polar surface area (TPSA) is 63.7 Å². The third-order valence-electron chi connectivity index (χ3n) is 5.13. The van der Waals surface area contributed by atoms with Gasteiger partial charge in [0.2, 0.25) is 0 Å². The van der Waals surface area contributed by atoms with E-state index in [-0.39, 0.29) is 5.91 Å². The molecule has 0 atom stereocenters. The van der Waals surface area contributed by atoms with Crippen LogP contribution in [0.4, 0.5) is 0 Å². The molecule has 1 aliphatic rings. The van der Waals surface area contributed by atoms with Crippen LogP contribution in [-0.2, 0) is 17.8 Å². The summed E-state index contributed by atoms with van der Waals surface area (Å²) < 4.78 is 10.6. The van der Waals surface area contributed by atoms with Gasteiger partial charge in [-0.05, 0) is 35.4 Å². The van der Waals surface area contributed by atoms with Crippen molar-refractivity contribution in [3.8, 4) is 16.3 Å². The van der Waals surface area contributed by atoms with Crippen molar-refractivity contribution < 1.29 is 14.3 Å². The molecule has 30 heavy (non-hydrogen) atoms. The zero-order valence-electron chi connectivity index (χ0n) is 17.0. The van der Waals surface area contributed by atoms with Crippen LogP contribution in [0.25, 0.3) is 10.6 Å². The van der Waals surface area contributed by atoms with Crippen LogP contribution in [0.3, 0.4) is 0 Å². The Labute approximate surface area is 180 Å². The average molecular weight is 424 g/mol. The van der Waals surface area contributed by atoms with Gasteiger partial charge in [0.1, 0.15) is 16.5 Å². The van der Waals surface area contributed by atoms with E-state index >= 15 is 0 Å². The van der Waals surface area contributed by atoms with Crippen molar-refractivity contribution in [2.45, 2.75) is 13.1 Å². The Balaban J connectivity index is 1.38. The molecule has 6 nitrogen and oxygen atoms in total. The van der Waals surface area contributed by atoms with Crippen molar-refractivity contribution in [1.29, 1.82) is 0 Å². The van der Waals surface area contributed by atoms with Gasteiger partial charge in [-0.3, -0.25) is 9.69 Å². The van der Waals surface area contributed by atoms with E-state index in [9.17, 15) is 4.79 Å². The maximum absolute atomic E-state index is 12.7. The van der Waals surface area contributed by atoms with E-state index < -0.39 is 0 Å². The van der Waals surface area contributed by atoms with Gasteiger partial charge in [0.05, 0.1) is 20.3 Å². The van der Waals surface area contributed by atoms with Crippen LogP contribution < -0.4 is 10.1 Å². The molecule has 1 aliphatic heterocycles. The second kappa shape index (κ2) is 9.84. The minimum Gasteiger partial charge on any atom is -0.497 e. The lowest BCUT2D eigenvalue weighted by molar-refractivity contribution is 0.0340. The number of ether oxygens (including phenoxy) is 2. The van der Waals surface area contributed by atoms with Crippen molar-refractivity contribution in [2.75, 3.05) is 33.4 Å². The molecule has 0 spiro atoms. The zero-order valence-corrected chi connectivity index (χ0v) is 17.8. The number of hydrogen-bond donors (Lipinski definition) is 1. The van der Waals surface area contributed by atoms with Crippen molar-refractivity contribution >= 4 is 17.2 Å². The first-order chi connectivity index (χ1) is 14.7. The van der Waals surface area contributed by atoms with Gasteiger partial charge in [0.25, 0.3) is 5.91 Å². The lowest BCUT2D eigenvalue weighted by atomic mass is 10.1. The number of hydrogen-bond acceptors (Lipinski definition) is 6. The van der Waals surface area contributed by atoms with Gasteiger partial charge in [-0.25, -0.2) is 4.98 Å². The number of rotatable bonds is 7. The molecule has 1 amide bonds. The Morgan fingerprint density at radius 1 is 1.13 bits per heavy atom. The molecule has 0 radical (unpaired) electrons. The summed E-state index contributed by atoms with van der Waals surface area (Å²) in [5.41, 5.74) is 3.77. The molecule has 2 heterocycles. The summed E-state index contributed by atoms with van der Waals surface area (Å²) in [6, 6.07) is 15.9. The molecule has 156 valence electrons. The molecule has 2 aromatic carbocycles. The Bertz CT molecular complexity index is 981. The molecule has 0 bridgehead atoms. The number of aromatic nitrogens is 1. The van der Waals surface area contributed by atoms with Gasteiger partial charge >= 0.3 is 0 Å². The Kier molecular flexibility index (Phi) is 6.74. The molecule has 1 saturated heterocycles. The van der Waals surface area contributed by atoms with Crippen molar-refractivity contribution in [1.82, 2.24) is 15.2 Å². The van der Waals surface area contributed by atoms with Crippen LogP contribution >= 0.6 is 11.3 Å². The minimum absolute atomic E-state index is 0.160. The van der Waals surface area contributed by atoms with Gasteiger partial charge in [0.15, 0.2) is 0 Å². The highest BCUT2D eigenvalue weighted by Crippen LogP contribution is 2.25. The highest BCUT2D eigenvalue weighted by Gasteiger charge is 2.15. The normalized spacial score (nSPS) is 14.4. The maximum atomic E-state index is 12.7. The predicted molar refractivity (Wildman–Crippen MR) is 118 cm³/mol. The van der Waals surface area contributed by atoms with Crippen LogP contribution in [-0.4, -0.2) is 49.2 Å². The Morgan fingerprint density at radius 3 is 2.60 bits per heavy atom. The van der Waals surface area contributed by atoms with E-state index in [0.717, 1.165) is 54.7 Å². The largest absolute Gasteiger partial charge is 0.497 e. The number of methoxy groups -OCH3 is 1. The number of benzene rings is 2. The summed E-state index contributed by atoms with van der Waals surface area (Å²) in [5, 5.41) is 5.63. The van der Waals surface area contributed by atoms with E-state index in [0.29, 0.717) is 12.2 Å². The van der Waals surface area contributed by atoms with E-state index in [1.54, 1.807) is 12.5 Å². The second-order valence-electron chi connectivity index (χ2n) is 7.11. The number of amides is 1. The van der Waals surface area contributed by atoms with Gasteiger partial charge in [-0.2, -0.15) is 0 Å². The summed E-state index contributed by atoms with van der Waals surface area (Å²) in [4.78, 5) is 19.5. The molecule has 0 aliphatic carbocycles. The average Bonchev–Trinajstić information content (AvgIpc) is 3.29. The summed E-state index contributed by atoms with van der Waals surface area (Å²) in [5.74, 6) is 0.635. The minimum atomic E-state index is -0.160. The molecule has 0 unspecified atom stereocenters. The number of morpholine rings is 1. The first-order valence-corrected chi connectivity index (χ1v) is 10.9. The quantitative estimate of drug-likeness (QED) is 0.629. The van der Waals surface area contributed by atoms with Gasteiger partial charge in [0, 0.05) is 37.1 Å². The standard InChI is InChI=1S/C23H25N3O3S/c1-28-20-8-6-17(7-9-20)23-25-21(16-30-23)22(27)24-14-18-4-2-3-5-19(18)15-26-10-12-29-13-11-26/h2-9,16H,10-15H2,1H3,(H,24,27). The molecule has 3 aromatic rings. The van der Waals surface area contributed by atoms with E-state index in [1.165, 1.54) is 16.9 Å². The van der Waals surface area contributed by atoms with E-state index in [2.05, 4.69) is 27.3 Å². The third kappa shape index (κ3) is 5.05. The summed E-state index contributed by atoms with van der Waals surface area (Å²) in [7, 11) is 1.64. The van der Waals surface area contributed by atoms with Crippen LogP contribution in [0.2, 0.25) is 0 Å². The molecule has 7 heteroatoms.